The van der Waals surface area contributed by atoms with Crippen molar-refractivity contribution >= 4 is 11.8 Å². The van der Waals surface area contributed by atoms with Crippen LogP contribution in [0.5, 0.6) is 5.75 Å². The second-order valence-corrected chi connectivity index (χ2v) is 4.74. The molecule has 0 radical (unpaired) electrons. The van der Waals surface area contributed by atoms with Crippen molar-refractivity contribution in [1.82, 2.24) is 4.90 Å². The predicted octanol–water partition coefficient (Wildman–Crippen LogP) is 0.571. The first-order valence-corrected chi connectivity index (χ1v) is 6.30. The molecule has 2 rings (SSSR count). The van der Waals surface area contributed by atoms with Crippen molar-refractivity contribution in [1.29, 1.82) is 0 Å². The number of nitrogens with zero attached hydrogens (tertiary/aromatic N) is 1. The lowest BCUT2D eigenvalue weighted by molar-refractivity contribution is -0.128. The summed E-state index contributed by atoms with van der Waals surface area (Å²) in [6.07, 6.45) is 0.988. The first kappa shape index (κ1) is 13.4. The summed E-state index contributed by atoms with van der Waals surface area (Å²) in [5.41, 5.74) is 6.34. The normalized spacial score (nSPS) is 18.7. The van der Waals surface area contributed by atoms with E-state index in [0.717, 1.165) is 17.7 Å². The number of nitrogens with two attached hydrogens (primary N) is 1. The molecule has 1 aliphatic rings. The van der Waals surface area contributed by atoms with Crippen LogP contribution in [0, 0.1) is 5.92 Å². The van der Waals surface area contributed by atoms with Crippen LogP contribution in [0.3, 0.4) is 0 Å². The molecule has 102 valence electrons. The molecule has 0 aliphatic carbocycles. The Morgan fingerprint density at radius 2 is 2.32 bits per heavy atom. The van der Waals surface area contributed by atoms with Crippen molar-refractivity contribution in [3.05, 3.63) is 29.8 Å². The van der Waals surface area contributed by atoms with Gasteiger partial charge in [0.1, 0.15) is 5.75 Å². The van der Waals surface area contributed by atoms with E-state index in [1.807, 2.05) is 24.3 Å². The van der Waals surface area contributed by atoms with E-state index >= 15 is 0 Å². The maximum atomic E-state index is 11.7. The third-order valence-corrected chi connectivity index (χ3v) is 3.42. The number of carbonyl (C=O) groups is 2. The third-order valence-electron chi connectivity index (χ3n) is 3.42. The minimum Gasteiger partial charge on any atom is -0.497 e. The van der Waals surface area contributed by atoms with Gasteiger partial charge in [-0.15, -0.1) is 0 Å². The molecule has 0 saturated carbocycles. The van der Waals surface area contributed by atoms with Gasteiger partial charge in [-0.05, 0) is 24.1 Å². The Kier molecular flexibility index (Phi) is 4.04. The van der Waals surface area contributed by atoms with Gasteiger partial charge in [0, 0.05) is 19.5 Å². The number of primary amides is 1. The fourth-order valence-electron chi connectivity index (χ4n) is 2.27. The average Bonchev–Trinajstić information content (AvgIpc) is 2.78. The minimum atomic E-state index is -0.391. The lowest BCUT2D eigenvalue weighted by Gasteiger charge is -2.16. The van der Waals surface area contributed by atoms with Gasteiger partial charge in [0.2, 0.25) is 11.8 Å². The maximum Gasteiger partial charge on any atom is 0.223 e. The molecule has 1 aliphatic heterocycles. The number of hydrogen-bond acceptors (Lipinski definition) is 3. The van der Waals surface area contributed by atoms with Crippen LogP contribution in [-0.2, 0) is 16.0 Å². The van der Waals surface area contributed by atoms with E-state index in [1.54, 1.807) is 12.0 Å². The zero-order valence-corrected chi connectivity index (χ0v) is 11.0. The topological polar surface area (TPSA) is 72.6 Å². The first-order chi connectivity index (χ1) is 9.10. The van der Waals surface area contributed by atoms with Crippen LogP contribution >= 0.6 is 0 Å². The van der Waals surface area contributed by atoms with Gasteiger partial charge >= 0.3 is 0 Å². The molecule has 2 N–H and O–H groups in total. The van der Waals surface area contributed by atoms with E-state index in [4.69, 9.17) is 10.5 Å². The molecule has 0 spiro atoms. The number of ether oxygens (including phenoxy) is 1. The molecule has 1 saturated heterocycles. The van der Waals surface area contributed by atoms with E-state index in [1.165, 1.54) is 0 Å². The van der Waals surface area contributed by atoms with Crippen molar-refractivity contribution in [2.45, 2.75) is 12.8 Å². The Hall–Kier alpha value is -2.04. The van der Waals surface area contributed by atoms with Gasteiger partial charge < -0.3 is 15.4 Å². The van der Waals surface area contributed by atoms with E-state index in [9.17, 15) is 9.59 Å². The minimum absolute atomic E-state index is 0.00620. The van der Waals surface area contributed by atoms with E-state index < -0.39 is 5.91 Å². The summed E-state index contributed by atoms with van der Waals surface area (Å²) in [4.78, 5) is 24.5. The number of methoxy groups -OCH3 is 1. The van der Waals surface area contributed by atoms with E-state index in [-0.39, 0.29) is 18.2 Å². The third kappa shape index (κ3) is 3.24. The van der Waals surface area contributed by atoms with Crippen LogP contribution in [0.2, 0.25) is 0 Å². The van der Waals surface area contributed by atoms with Crippen LogP contribution < -0.4 is 10.5 Å². The van der Waals surface area contributed by atoms with Gasteiger partial charge in [0.05, 0.1) is 13.0 Å². The second-order valence-electron chi connectivity index (χ2n) is 4.74. The van der Waals surface area contributed by atoms with Gasteiger partial charge in [-0.3, -0.25) is 9.59 Å². The molecule has 1 fully saturated rings. The number of hydrogen-bond donors (Lipinski definition) is 1. The maximum absolute atomic E-state index is 11.7. The molecule has 1 heterocycles. The van der Waals surface area contributed by atoms with Crippen molar-refractivity contribution in [3.8, 4) is 5.75 Å². The predicted molar refractivity (Wildman–Crippen MR) is 70.6 cm³/mol. The molecule has 5 heteroatoms. The van der Waals surface area contributed by atoms with Gasteiger partial charge in [-0.25, -0.2) is 0 Å². The molecule has 1 aromatic rings. The van der Waals surface area contributed by atoms with Gasteiger partial charge in [0.25, 0.3) is 0 Å². The Morgan fingerprint density at radius 3 is 2.95 bits per heavy atom. The van der Waals surface area contributed by atoms with Crippen molar-refractivity contribution in [3.63, 3.8) is 0 Å². The molecular weight excluding hydrogens is 244 g/mol. The van der Waals surface area contributed by atoms with Gasteiger partial charge in [-0.1, -0.05) is 12.1 Å². The quantitative estimate of drug-likeness (QED) is 0.843. The van der Waals surface area contributed by atoms with Crippen LogP contribution in [-0.4, -0.2) is 36.9 Å². The molecule has 1 aromatic carbocycles. The Balaban J connectivity index is 1.92. The summed E-state index contributed by atoms with van der Waals surface area (Å²) in [6, 6.07) is 7.75. The number of rotatable bonds is 5. The highest BCUT2D eigenvalue weighted by Crippen LogP contribution is 2.19. The highest BCUT2D eigenvalue weighted by Gasteiger charge is 2.32. The van der Waals surface area contributed by atoms with Gasteiger partial charge in [0.15, 0.2) is 0 Å². The van der Waals surface area contributed by atoms with Crippen molar-refractivity contribution in [2.24, 2.45) is 11.7 Å². The molecule has 0 aromatic heterocycles. The standard InChI is InChI=1S/C14H18N2O3/c1-19-12-4-2-3-10(7-12)5-6-16-9-11(14(15)18)8-13(16)17/h2-4,7,11H,5-6,8-9H2,1H3,(H2,15,18). The van der Waals surface area contributed by atoms with Crippen LogP contribution in [0.1, 0.15) is 12.0 Å². The fraction of sp³-hybridized carbons (Fsp3) is 0.429. The zero-order valence-electron chi connectivity index (χ0n) is 11.0. The molecule has 2 amide bonds. The highest BCUT2D eigenvalue weighted by molar-refractivity contribution is 5.88. The van der Waals surface area contributed by atoms with E-state index in [0.29, 0.717) is 13.1 Å². The monoisotopic (exact) mass is 262 g/mol. The van der Waals surface area contributed by atoms with Crippen LogP contribution in [0.15, 0.2) is 24.3 Å². The van der Waals surface area contributed by atoms with Gasteiger partial charge in [-0.2, -0.15) is 0 Å². The Bertz CT molecular complexity index is 487. The Morgan fingerprint density at radius 1 is 1.53 bits per heavy atom. The molecule has 1 atom stereocenters. The fourth-order valence-corrected chi connectivity index (χ4v) is 2.27. The summed E-state index contributed by atoms with van der Waals surface area (Å²) >= 11 is 0. The second kappa shape index (κ2) is 5.73. The molecule has 0 bridgehead atoms. The largest absolute Gasteiger partial charge is 0.497 e. The zero-order chi connectivity index (χ0) is 13.8. The smallest absolute Gasteiger partial charge is 0.223 e. The summed E-state index contributed by atoms with van der Waals surface area (Å²) in [5, 5.41) is 0. The van der Waals surface area contributed by atoms with Crippen LogP contribution in [0.4, 0.5) is 0 Å². The lowest BCUT2D eigenvalue weighted by atomic mass is 10.1. The molecular formula is C14H18N2O3. The van der Waals surface area contributed by atoms with E-state index in [2.05, 4.69) is 0 Å². The van der Waals surface area contributed by atoms with Crippen LogP contribution in [0.25, 0.3) is 0 Å². The number of amides is 2. The summed E-state index contributed by atoms with van der Waals surface area (Å²) in [6.45, 7) is 1.05. The summed E-state index contributed by atoms with van der Waals surface area (Å²) in [7, 11) is 1.63. The SMILES string of the molecule is COc1cccc(CCN2CC(C(N)=O)CC2=O)c1. The highest BCUT2D eigenvalue weighted by atomic mass is 16.5. The molecule has 5 nitrogen and oxygen atoms in total. The molecule has 1 unspecified atom stereocenters. The lowest BCUT2D eigenvalue weighted by Crippen LogP contribution is -2.30. The average molecular weight is 262 g/mol. The van der Waals surface area contributed by atoms with Crippen molar-refractivity contribution < 1.29 is 14.3 Å². The van der Waals surface area contributed by atoms with Crippen molar-refractivity contribution in [2.75, 3.05) is 20.2 Å². The summed E-state index contributed by atoms with van der Waals surface area (Å²) in [5.74, 6) is 0.0852. The number of carbonyl (C=O) groups excluding carboxylic acids is 2. The summed E-state index contributed by atoms with van der Waals surface area (Å²) < 4.78 is 5.15. The number of likely N-dealkylation sites (tertiary alicyclic amines) is 1. The number of benzene rings is 1. The Labute approximate surface area is 112 Å². The molecule has 19 heavy (non-hydrogen) atoms. The first-order valence-electron chi connectivity index (χ1n) is 6.30.